The first-order valence-corrected chi connectivity index (χ1v) is 10.8. The fourth-order valence-corrected chi connectivity index (χ4v) is 4.25. The first-order chi connectivity index (χ1) is 13.6. The van der Waals surface area contributed by atoms with E-state index in [4.69, 9.17) is 11.6 Å². The lowest BCUT2D eigenvalue weighted by molar-refractivity contribution is -0.111. The number of thiophene rings is 1. The lowest BCUT2D eigenvalue weighted by Gasteiger charge is -2.03. The highest BCUT2D eigenvalue weighted by Gasteiger charge is 2.23. The van der Waals surface area contributed by atoms with Crippen molar-refractivity contribution in [2.75, 3.05) is 5.32 Å². The van der Waals surface area contributed by atoms with Crippen molar-refractivity contribution in [1.29, 1.82) is 0 Å². The predicted octanol–water partition coefficient (Wildman–Crippen LogP) is 5.07. The summed E-state index contributed by atoms with van der Waals surface area (Å²) in [5.74, 6) is -0.317. The summed E-state index contributed by atoms with van der Waals surface area (Å²) < 4.78 is 0.701. The molecule has 2 heterocycles. The molecule has 0 unspecified atom stereocenters. The van der Waals surface area contributed by atoms with Gasteiger partial charge in [-0.15, -0.1) is 22.7 Å². The molecule has 1 saturated carbocycles. The van der Waals surface area contributed by atoms with Crippen LogP contribution in [0.15, 0.2) is 47.9 Å². The van der Waals surface area contributed by atoms with Gasteiger partial charge in [-0.25, -0.2) is 4.98 Å². The molecular formula is C20H16ClN3O2S2. The zero-order chi connectivity index (χ0) is 19.5. The minimum absolute atomic E-state index is 0.0534. The Balaban J connectivity index is 1.33. The Hall–Kier alpha value is -2.48. The largest absolute Gasteiger partial charge is 0.349 e. The average Bonchev–Trinajstić information content (AvgIpc) is 3.20. The molecular weight excluding hydrogens is 414 g/mol. The number of carbonyl (C=O) groups excluding carboxylic acids is 2. The standard InChI is InChI=1S/C20H16ClN3O2S2/c21-17-9-8-16(28-17)15-11-27-20(23-15)24-18(25)10-3-12-1-4-13(5-2-12)19(26)22-14-6-7-14/h1-5,8-11,14H,6-7H2,(H,22,26)(H,23,24,25)/b10-3+. The van der Waals surface area contributed by atoms with Gasteiger partial charge >= 0.3 is 0 Å². The van der Waals surface area contributed by atoms with Gasteiger partial charge in [0.15, 0.2) is 5.13 Å². The van der Waals surface area contributed by atoms with Crippen LogP contribution >= 0.6 is 34.3 Å². The molecule has 1 aliphatic carbocycles. The van der Waals surface area contributed by atoms with Crippen molar-refractivity contribution in [1.82, 2.24) is 10.3 Å². The van der Waals surface area contributed by atoms with Crippen LogP contribution in [0.4, 0.5) is 5.13 Å². The summed E-state index contributed by atoms with van der Waals surface area (Å²) in [7, 11) is 0. The van der Waals surface area contributed by atoms with E-state index in [2.05, 4.69) is 15.6 Å². The van der Waals surface area contributed by atoms with Crippen LogP contribution in [0.25, 0.3) is 16.6 Å². The highest BCUT2D eigenvalue weighted by atomic mass is 35.5. The minimum atomic E-state index is -0.263. The third-order valence-electron chi connectivity index (χ3n) is 4.07. The fourth-order valence-electron chi connectivity index (χ4n) is 2.46. The normalized spacial score (nSPS) is 13.6. The molecule has 2 amide bonds. The summed E-state index contributed by atoms with van der Waals surface area (Å²) >= 11 is 8.75. The van der Waals surface area contributed by atoms with Crippen molar-refractivity contribution in [3.8, 4) is 10.6 Å². The maximum absolute atomic E-state index is 12.1. The van der Waals surface area contributed by atoms with Gasteiger partial charge in [0.1, 0.15) is 0 Å². The van der Waals surface area contributed by atoms with Crippen molar-refractivity contribution in [2.45, 2.75) is 18.9 Å². The van der Waals surface area contributed by atoms with Gasteiger partial charge < -0.3 is 5.32 Å². The number of hydrogen-bond acceptors (Lipinski definition) is 5. The Bertz CT molecular complexity index is 1040. The van der Waals surface area contributed by atoms with Gasteiger partial charge in [0.25, 0.3) is 5.91 Å². The third-order valence-corrected chi connectivity index (χ3v) is 6.08. The summed E-state index contributed by atoms with van der Waals surface area (Å²) in [5.41, 5.74) is 2.25. The number of amides is 2. The van der Waals surface area contributed by atoms with Crippen LogP contribution in [-0.4, -0.2) is 22.8 Å². The number of carbonyl (C=O) groups is 2. The molecule has 0 spiro atoms. The van der Waals surface area contributed by atoms with Crippen LogP contribution in [0.3, 0.4) is 0 Å². The number of benzene rings is 1. The molecule has 5 nitrogen and oxygen atoms in total. The van der Waals surface area contributed by atoms with Crippen LogP contribution in [-0.2, 0) is 4.79 Å². The molecule has 0 radical (unpaired) electrons. The third kappa shape index (κ3) is 4.86. The maximum atomic E-state index is 12.1. The molecule has 2 aromatic heterocycles. The van der Waals surface area contributed by atoms with Crippen molar-refractivity contribution >= 4 is 57.3 Å². The SMILES string of the molecule is O=C(/C=C/c1ccc(C(=O)NC2CC2)cc1)Nc1nc(-c2ccc(Cl)s2)cs1. The van der Waals surface area contributed by atoms with E-state index in [0.717, 1.165) is 29.0 Å². The Labute approximate surface area is 175 Å². The number of anilines is 1. The van der Waals surface area contributed by atoms with E-state index in [9.17, 15) is 9.59 Å². The van der Waals surface area contributed by atoms with E-state index < -0.39 is 0 Å². The predicted molar refractivity (Wildman–Crippen MR) is 115 cm³/mol. The van der Waals surface area contributed by atoms with Gasteiger partial charge in [0.2, 0.25) is 5.91 Å². The molecule has 28 heavy (non-hydrogen) atoms. The molecule has 0 saturated heterocycles. The Morgan fingerprint density at radius 3 is 2.61 bits per heavy atom. The van der Waals surface area contributed by atoms with E-state index in [-0.39, 0.29) is 11.8 Å². The summed E-state index contributed by atoms with van der Waals surface area (Å²) in [6.07, 6.45) is 5.26. The van der Waals surface area contributed by atoms with Gasteiger partial charge in [-0.2, -0.15) is 0 Å². The zero-order valence-electron chi connectivity index (χ0n) is 14.6. The highest BCUT2D eigenvalue weighted by Crippen LogP contribution is 2.32. The molecule has 3 aromatic rings. The number of halogens is 1. The van der Waals surface area contributed by atoms with Crippen molar-refractivity contribution in [2.24, 2.45) is 0 Å². The van der Waals surface area contributed by atoms with Gasteiger partial charge in [-0.3, -0.25) is 14.9 Å². The minimum Gasteiger partial charge on any atom is -0.349 e. The van der Waals surface area contributed by atoms with Gasteiger partial charge in [0, 0.05) is 23.1 Å². The Morgan fingerprint density at radius 1 is 1.14 bits per heavy atom. The smallest absolute Gasteiger partial charge is 0.251 e. The molecule has 1 aliphatic rings. The lowest BCUT2D eigenvalue weighted by Crippen LogP contribution is -2.25. The maximum Gasteiger partial charge on any atom is 0.251 e. The number of rotatable bonds is 6. The molecule has 1 aromatic carbocycles. The number of hydrogen-bond donors (Lipinski definition) is 2. The highest BCUT2D eigenvalue weighted by molar-refractivity contribution is 7.20. The second kappa shape index (κ2) is 8.26. The molecule has 8 heteroatoms. The Kier molecular flexibility index (Phi) is 5.57. The number of nitrogens with zero attached hydrogens (tertiary/aromatic N) is 1. The summed E-state index contributed by atoms with van der Waals surface area (Å²) in [4.78, 5) is 29.5. The monoisotopic (exact) mass is 429 g/mol. The van der Waals surface area contributed by atoms with Crippen molar-refractivity contribution < 1.29 is 9.59 Å². The molecule has 2 N–H and O–H groups in total. The summed E-state index contributed by atoms with van der Waals surface area (Å²) in [6, 6.07) is 11.2. The fraction of sp³-hybridized carbons (Fsp3) is 0.150. The van der Waals surface area contributed by atoms with Crippen molar-refractivity contribution in [3.05, 3.63) is 63.3 Å². The first-order valence-electron chi connectivity index (χ1n) is 8.68. The van der Waals surface area contributed by atoms with Gasteiger partial charge in [-0.1, -0.05) is 23.7 Å². The Morgan fingerprint density at radius 2 is 1.93 bits per heavy atom. The van der Waals surface area contributed by atoms with Crippen LogP contribution in [0.5, 0.6) is 0 Å². The second-order valence-electron chi connectivity index (χ2n) is 6.33. The van der Waals surface area contributed by atoms with E-state index >= 15 is 0 Å². The molecule has 1 fully saturated rings. The second-order valence-corrected chi connectivity index (χ2v) is 8.91. The lowest BCUT2D eigenvalue weighted by atomic mass is 10.1. The average molecular weight is 430 g/mol. The summed E-state index contributed by atoms with van der Waals surface area (Å²) in [5, 5.41) is 8.12. The topological polar surface area (TPSA) is 71.1 Å². The van der Waals surface area contributed by atoms with E-state index in [1.54, 1.807) is 18.2 Å². The number of thiazole rings is 1. The molecule has 0 bridgehead atoms. The molecule has 0 aliphatic heterocycles. The number of nitrogens with one attached hydrogen (secondary N) is 2. The number of aromatic nitrogens is 1. The van der Waals surface area contributed by atoms with Crippen LogP contribution in [0.2, 0.25) is 4.34 Å². The molecule has 0 atom stereocenters. The van der Waals surface area contributed by atoms with E-state index in [1.165, 1.54) is 28.7 Å². The molecule has 142 valence electrons. The molecule has 4 rings (SSSR count). The first kappa shape index (κ1) is 18.9. The summed E-state index contributed by atoms with van der Waals surface area (Å²) in [6.45, 7) is 0. The van der Waals surface area contributed by atoms with Crippen LogP contribution < -0.4 is 10.6 Å². The van der Waals surface area contributed by atoms with Crippen LogP contribution in [0, 0.1) is 0 Å². The van der Waals surface area contributed by atoms with E-state index in [0.29, 0.717) is 21.1 Å². The van der Waals surface area contributed by atoms with E-state index in [1.807, 2.05) is 29.6 Å². The quantitative estimate of drug-likeness (QED) is 0.537. The van der Waals surface area contributed by atoms with Crippen LogP contribution in [0.1, 0.15) is 28.8 Å². The van der Waals surface area contributed by atoms with Gasteiger partial charge in [-0.05, 0) is 48.7 Å². The van der Waals surface area contributed by atoms with Crippen molar-refractivity contribution in [3.63, 3.8) is 0 Å². The van der Waals surface area contributed by atoms with Gasteiger partial charge in [0.05, 0.1) is 14.9 Å². The zero-order valence-corrected chi connectivity index (χ0v) is 17.0.